The Hall–Kier alpha value is -3.32. The lowest BCUT2D eigenvalue weighted by Crippen LogP contribution is -2.26. The van der Waals surface area contributed by atoms with Crippen LogP contribution in [-0.2, 0) is 10.0 Å². The van der Waals surface area contributed by atoms with Gasteiger partial charge in [-0.1, -0.05) is 30.3 Å². The molecule has 0 bridgehead atoms. The van der Waals surface area contributed by atoms with Gasteiger partial charge in [0.25, 0.3) is 15.9 Å². The SMILES string of the molecule is Cc1ccccc1NS(=O)(=O)c1ccc(C(=O)NC(C)c2ccc(OC(C)C)cc2)cc1. The van der Waals surface area contributed by atoms with Crippen molar-refractivity contribution >= 4 is 21.6 Å². The Balaban J connectivity index is 1.66. The van der Waals surface area contributed by atoms with Crippen molar-refractivity contribution in [2.45, 2.75) is 44.7 Å². The molecule has 0 spiro atoms. The van der Waals surface area contributed by atoms with Gasteiger partial charge >= 0.3 is 0 Å². The summed E-state index contributed by atoms with van der Waals surface area (Å²) in [4.78, 5) is 12.7. The molecule has 0 saturated carbocycles. The van der Waals surface area contributed by atoms with Gasteiger partial charge in [0.05, 0.1) is 22.7 Å². The van der Waals surface area contributed by atoms with Crippen LogP contribution in [0.1, 0.15) is 48.3 Å². The summed E-state index contributed by atoms with van der Waals surface area (Å²) in [6.07, 6.45) is 0.0941. The topological polar surface area (TPSA) is 84.5 Å². The molecule has 1 atom stereocenters. The highest BCUT2D eigenvalue weighted by atomic mass is 32.2. The summed E-state index contributed by atoms with van der Waals surface area (Å²) < 4.78 is 33.6. The molecule has 0 aliphatic heterocycles. The molecular weight excluding hydrogens is 424 g/mol. The number of para-hydroxylation sites is 1. The van der Waals surface area contributed by atoms with Crippen molar-refractivity contribution in [2.24, 2.45) is 0 Å². The zero-order valence-electron chi connectivity index (χ0n) is 18.6. The molecule has 2 N–H and O–H groups in total. The van der Waals surface area contributed by atoms with Crippen LogP contribution in [-0.4, -0.2) is 20.4 Å². The van der Waals surface area contributed by atoms with Gasteiger partial charge in [0.15, 0.2) is 0 Å². The highest BCUT2D eigenvalue weighted by Crippen LogP contribution is 2.21. The van der Waals surface area contributed by atoms with Crippen LogP contribution >= 0.6 is 0 Å². The van der Waals surface area contributed by atoms with Crippen LogP contribution in [0.5, 0.6) is 5.75 Å². The first-order valence-electron chi connectivity index (χ1n) is 10.4. The normalized spacial score (nSPS) is 12.3. The standard InChI is InChI=1S/C25H28N2O4S/c1-17(2)31-22-13-9-20(10-14-22)19(4)26-25(28)21-11-15-23(16-12-21)32(29,30)27-24-8-6-5-7-18(24)3/h5-17,19,27H,1-4H3,(H,26,28). The van der Waals surface area contributed by atoms with Crippen LogP contribution in [0, 0.1) is 6.92 Å². The molecule has 3 rings (SSSR count). The molecular formula is C25H28N2O4S. The molecule has 1 unspecified atom stereocenters. The summed E-state index contributed by atoms with van der Waals surface area (Å²) in [7, 11) is -3.75. The summed E-state index contributed by atoms with van der Waals surface area (Å²) in [6, 6.07) is 20.4. The molecule has 0 saturated heterocycles. The van der Waals surface area contributed by atoms with E-state index in [9.17, 15) is 13.2 Å². The summed E-state index contributed by atoms with van der Waals surface area (Å²) in [5, 5.41) is 2.93. The first-order valence-corrected chi connectivity index (χ1v) is 11.9. The van der Waals surface area contributed by atoms with Crippen molar-refractivity contribution < 1.29 is 17.9 Å². The van der Waals surface area contributed by atoms with Crippen LogP contribution < -0.4 is 14.8 Å². The molecule has 0 aliphatic carbocycles. The number of rotatable bonds is 8. The lowest BCUT2D eigenvalue weighted by molar-refractivity contribution is 0.0940. The molecule has 1 amide bonds. The second kappa shape index (κ2) is 9.87. The van der Waals surface area contributed by atoms with E-state index in [-0.39, 0.29) is 22.9 Å². The molecule has 3 aromatic rings. The second-order valence-corrected chi connectivity index (χ2v) is 9.56. The monoisotopic (exact) mass is 452 g/mol. The first kappa shape index (κ1) is 23.3. The lowest BCUT2D eigenvalue weighted by atomic mass is 10.1. The third-order valence-corrected chi connectivity index (χ3v) is 6.30. The zero-order valence-corrected chi connectivity index (χ0v) is 19.4. The van der Waals surface area contributed by atoms with Gasteiger partial charge < -0.3 is 10.1 Å². The number of carbonyl (C=O) groups excluding carboxylic acids is 1. The van der Waals surface area contributed by atoms with Crippen LogP contribution in [0.3, 0.4) is 0 Å². The summed E-state index contributed by atoms with van der Waals surface area (Å²) in [5.41, 5.74) is 2.67. The Morgan fingerprint density at radius 1 is 0.875 bits per heavy atom. The van der Waals surface area contributed by atoms with Crippen LogP contribution in [0.2, 0.25) is 0 Å². The van der Waals surface area contributed by atoms with E-state index in [0.717, 1.165) is 16.9 Å². The highest BCUT2D eigenvalue weighted by molar-refractivity contribution is 7.92. The van der Waals surface area contributed by atoms with E-state index in [1.54, 1.807) is 12.1 Å². The van der Waals surface area contributed by atoms with Crippen molar-refractivity contribution in [2.75, 3.05) is 4.72 Å². The molecule has 0 fully saturated rings. The summed E-state index contributed by atoms with van der Waals surface area (Å²) in [6.45, 7) is 7.65. The molecule has 0 radical (unpaired) electrons. The van der Waals surface area contributed by atoms with E-state index in [0.29, 0.717) is 11.3 Å². The van der Waals surface area contributed by atoms with Crippen LogP contribution in [0.15, 0.2) is 77.7 Å². The van der Waals surface area contributed by atoms with Gasteiger partial charge in [0, 0.05) is 5.56 Å². The van der Waals surface area contributed by atoms with E-state index in [4.69, 9.17) is 4.74 Å². The zero-order chi connectivity index (χ0) is 23.3. The van der Waals surface area contributed by atoms with E-state index in [2.05, 4.69) is 10.0 Å². The minimum Gasteiger partial charge on any atom is -0.491 e. The number of sulfonamides is 1. The summed E-state index contributed by atoms with van der Waals surface area (Å²) >= 11 is 0. The fourth-order valence-electron chi connectivity index (χ4n) is 3.15. The minimum atomic E-state index is -3.75. The van der Waals surface area contributed by atoms with Crippen molar-refractivity contribution in [3.8, 4) is 5.75 Å². The van der Waals surface area contributed by atoms with E-state index in [1.807, 2.05) is 64.1 Å². The van der Waals surface area contributed by atoms with Gasteiger partial charge in [-0.15, -0.1) is 0 Å². The maximum atomic E-state index is 12.7. The second-order valence-electron chi connectivity index (χ2n) is 7.88. The van der Waals surface area contributed by atoms with E-state index < -0.39 is 10.0 Å². The molecule has 7 heteroatoms. The van der Waals surface area contributed by atoms with Gasteiger partial charge in [-0.05, 0) is 81.3 Å². The van der Waals surface area contributed by atoms with Crippen molar-refractivity contribution in [1.82, 2.24) is 5.32 Å². The molecule has 32 heavy (non-hydrogen) atoms. The van der Waals surface area contributed by atoms with Gasteiger partial charge in [-0.25, -0.2) is 8.42 Å². The maximum Gasteiger partial charge on any atom is 0.261 e. The molecule has 0 aliphatic rings. The first-order chi connectivity index (χ1) is 15.2. The Morgan fingerprint density at radius 3 is 2.09 bits per heavy atom. The fraction of sp³-hybridized carbons (Fsp3) is 0.240. The molecule has 6 nitrogen and oxygen atoms in total. The van der Waals surface area contributed by atoms with Crippen molar-refractivity contribution in [3.05, 3.63) is 89.5 Å². The number of anilines is 1. The molecule has 3 aromatic carbocycles. The van der Waals surface area contributed by atoms with Crippen molar-refractivity contribution in [1.29, 1.82) is 0 Å². The Labute approximate surface area is 189 Å². The minimum absolute atomic E-state index is 0.0890. The number of amides is 1. The average molecular weight is 453 g/mol. The molecule has 168 valence electrons. The van der Waals surface area contributed by atoms with Crippen molar-refractivity contribution in [3.63, 3.8) is 0 Å². The quantitative estimate of drug-likeness (QED) is 0.499. The smallest absolute Gasteiger partial charge is 0.261 e. The van der Waals surface area contributed by atoms with Gasteiger partial charge in [0.2, 0.25) is 0 Å². The largest absolute Gasteiger partial charge is 0.491 e. The number of hydrogen-bond donors (Lipinski definition) is 2. The number of nitrogens with one attached hydrogen (secondary N) is 2. The maximum absolute atomic E-state index is 12.7. The number of ether oxygens (including phenoxy) is 1. The number of carbonyl (C=O) groups is 1. The number of benzene rings is 3. The average Bonchev–Trinajstić information content (AvgIpc) is 2.75. The Bertz CT molecular complexity index is 1170. The van der Waals surface area contributed by atoms with Gasteiger partial charge in [-0.2, -0.15) is 0 Å². The van der Waals surface area contributed by atoms with Crippen LogP contribution in [0.4, 0.5) is 5.69 Å². The predicted octanol–water partition coefficient (Wildman–Crippen LogP) is 5.07. The fourth-order valence-corrected chi connectivity index (χ4v) is 4.28. The summed E-state index contributed by atoms with van der Waals surface area (Å²) in [5.74, 6) is 0.495. The number of aryl methyl sites for hydroxylation is 1. The van der Waals surface area contributed by atoms with E-state index >= 15 is 0 Å². The molecule has 0 aromatic heterocycles. The molecule has 0 heterocycles. The van der Waals surface area contributed by atoms with E-state index in [1.165, 1.54) is 24.3 Å². The predicted molar refractivity (Wildman–Crippen MR) is 127 cm³/mol. The van der Waals surface area contributed by atoms with Gasteiger partial charge in [-0.3, -0.25) is 9.52 Å². The highest BCUT2D eigenvalue weighted by Gasteiger charge is 2.17. The third kappa shape index (κ3) is 5.88. The van der Waals surface area contributed by atoms with Gasteiger partial charge in [0.1, 0.15) is 5.75 Å². The lowest BCUT2D eigenvalue weighted by Gasteiger charge is -2.16. The van der Waals surface area contributed by atoms with Crippen LogP contribution in [0.25, 0.3) is 0 Å². The third-order valence-electron chi connectivity index (χ3n) is 4.92. The number of hydrogen-bond acceptors (Lipinski definition) is 4. The Kier molecular flexibility index (Phi) is 7.20. The Morgan fingerprint density at radius 2 is 1.50 bits per heavy atom.